The van der Waals surface area contributed by atoms with Crippen LogP contribution in [0.15, 0.2) is 21.9 Å². The molecule has 3 heterocycles. The number of aliphatic hydroxyl groups excluding tert-OH is 3. The Kier molecular flexibility index (Phi) is 14.0. The number of aliphatic hydroxyl groups is 3. The molecule has 26 heteroatoms. The lowest BCUT2D eigenvalue weighted by Gasteiger charge is -2.44. The van der Waals surface area contributed by atoms with Gasteiger partial charge in [0, 0.05) is 40.0 Å². The van der Waals surface area contributed by atoms with Gasteiger partial charge in [0.05, 0.1) is 6.61 Å². The second-order valence-electron chi connectivity index (χ2n) is 11.1. The van der Waals surface area contributed by atoms with Crippen LogP contribution < -0.4 is 11.2 Å². The summed E-state index contributed by atoms with van der Waals surface area (Å²) in [6.45, 7) is -1.67. The van der Waals surface area contributed by atoms with Gasteiger partial charge in [-0.2, -0.15) is 0 Å². The SMILES string of the molecule is CC(=O)OC[C@H](OC(C)=O)C1OC(OP(=O)(O)OP(O)(=S)OC[C@H]2O[C@@](C)(n3ccc(=O)[nH]c3=O)[C@H](O)[C@@H]2O)C(OC(C)=O)C(O)C1OC(C)=O. The number of carbonyl (C=O) groups excluding carboxylic acids is 4. The van der Waals surface area contributed by atoms with Gasteiger partial charge in [-0.15, -0.1) is 0 Å². The molecule has 0 aromatic carbocycles. The number of nitrogens with zero attached hydrogens (tertiary/aromatic N) is 1. The van der Waals surface area contributed by atoms with Crippen molar-refractivity contribution in [3.8, 4) is 0 Å². The molecule has 2 aliphatic rings. The van der Waals surface area contributed by atoms with Crippen LogP contribution >= 0.6 is 14.5 Å². The summed E-state index contributed by atoms with van der Waals surface area (Å²) >= 11 is 4.78. The van der Waals surface area contributed by atoms with E-state index >= 15 is 0 Å². The van der Waals surface area contributed by atoms with Gasteiger partial charge in [-0.1, -0.05) is 0 Å². The van der Waals surface area contributed by atoms with Crippen molar-refractivity contribution in [1.82, 2.24) is 9.55 Å². The molecular weight excluding hydrogens is 758 g/mol. The van der Waals surface area contributed by atoms with Gasteiger partial charge in [-0.05, 0) is 18.7 Å². The molecule has 2 aliphatic heterocycles. The molecule has 0 spiro atoms. The van der Waals surface area contributed by atoms with Crippen LogP contribution in [0.5, 0.6) is 0 Å². The van der Waals surface area contributed by atoms with E-state index in [1.165, 1.54) is 6.92 Å². The number of ether oxygens (including phenoxy) is 6. The minimum absolute atomic E-state index is 0.757. The molecule has 12 atom stereocenters. The lowest BCUT2D eigenvalue weighted by Crippen LogP contribution is -2.64. The van der Waals surface area contributed by atoms with Gasteiger partial charge in [0.25, 0.3) is 5.56 Å². The second-order valence-corrected chi connectivity index (χ2v) is 15.5. The van der Waals surface area contributed by atoms with E-state index in [1.54, 1.807) is 0 Å². The van der Waals surface area contributed by atoms with E-state index in [1.807, 2.05) is 4.98 Å². The third-order valence-electron chi connectivity index (χ3n) is 7.09. The maximum absolute atomic E-state index is 13.1. The molecule has 7 unspecified atom stereocenters. The fourth-order valence-corrected chi connectivity index (χ4v) is 8.12. The van der Waals surface area contributed by atoms with Crippen LogP contribution in [0, 0.1) is 0 Å². The highest BCUT2D eigenvalue weighted by molar-refractivity contribution is 8.08. The summed E-state index contributed by atoms with van der Waals surface area (Å²) in [6, 6.07) is 0.940. The topological polar surface area (TPSA) is 324 Å². The zero-order valence-corrected chi connectivity index (χ0v) is 29.9. The Morgan fingerprint density at radius 3 is 2.16 bits per heavy atom. The van der Waals surface area contributed by atoms with E-state index in [2.05, 4.69) is 4.31 Å². The van der Waals surface area contributed by atoms with Crippen LogP contribution in [-0.4, -0.2) is 127 Å². The number of rotatable bonds is 14. The quantitative estimate of drug-likeness (QED) is 0.0627. The number of hydrogen-bond donors (Lipinski definition) is 6. The molecule has 2 fully saturated rings. The molecule has 51 heavy (non-hydrogen) atoms. The van der Waals surface area contributed by atoms with Crippen molar-refractivity contribution in [3.63, 3.8) is 0 Å². The summed E-state index contributed by atoms with van der Waals surface area (Å²) in [5.41, 5.74) is -3.77. The molecule has 23 nitrogen and oxygen atoms in total. The van der Waals surface area contributed by atoms with Gasteiger partial charge in [0.15, 0.2) is 24.0 Å². The summed E-state index contributed by atoms with van der Waals surface area (Å²) in [6.07, 6.45) is -16.1. The summed E-state index contributed by atoms with van der Waals surface area (Å²) in [7, 11) is -5.72. The number of H-pyrrole nitrogens is 1. The number of aromatic amines is 1. The second kappa shape index (κ2) is 16.8. The van der Waals surface area contributed by atoms with E-state index in [4.69, 9.17) is 49.3 Å². The summed E-state index contributed by atoms with van der Waals surface area (Å²) in [5, 5.41) is 32.3. The third-order valence-corrected chi connectivity index (χ3v) is 10.6. The van der Waals surface area contributed by atoms with E-state index in [-0.39, 0.29) is 0 Å². The molecule has 1 aromatic rings. The number of aromatic nitrogens is 2. The first-order valence-electron chi connectivity index (χ1n) is 14.5. The van der Waals surface area contributed by atoms with Crippen LogP contribution in [0.4, 0.5) is 0 Å². The lowest BCUT2D eigenvalue weighted by molar-refractivity contribution is -0.299. The standard InChI is InChI=1S/C25H36N2O21P2S/c1-10(28)40-8-15(42-11(2)29)19-20(43-12(3)30)18(34)21(44-13(4)31)23(45-19)47-49(37,38)48-50(39,51)41-9-14-17(33)22(35)25(5,46-14)27-7-6-16(32)26-24(27)36/h6-7,14-15,17-23,33-35H,8-9H2,1-5H3,(H,37,38)(H,39,51)(H,26,32,36)/t14-,15+,17-,18?,19?,20?,21?,22-,23?,25-,50?/m1/s1. The van der Waals surface area contributed by atoms with Crippen molar-refractivity contribution in [3.05, 3.63) is 33.1 Å². The molecule has 0 amide bonds. The van der Waals surface area contributed by atoms with E-state index < -0.39 is 124 Å². The number of phosphoric acid groups is 1. The van der Waals surface area contributed by atoms with E-state index in [0.717, 1.165) is 44.5 Å². The van der Waals surface area contributed by atoms with Crippen molar-refractivity contribution < 1.29 is 90.6 Å². The van der Waals surface area contributed by atoms with Crippen molar-refractivity contribution >= 4 is 50.2 Å². The minimum Gasteiger partial charge on any atom is -0.462 e. The molecule has 0 radical (unpaired) electrons. The van der Waals surface area contributed by atoms with Crippen LogP contribution in [0.25, 0.3) is 0 Å². The largest absolute Gasteiger partial charge is 0.481 e. The normalized spacial score (nSPS) is 32.1. The van der Waals surface area contributed by atoms with Crippen LogP contribution in [-0.2, 0) is 83.1 Å². The van der Waals surface area contributed by atoms with Gasteiger partial charge >= 0.3 is 44.1 Å². The fraction of sp³-hybridized carbons (Fsp3) is 0.680. The van der Waals surface area contributed by atoms with Crippen molar-refractivity contribution in [1.29, 1.82) is 0 Å². The monoisotopic (exact) mass is 794 g/mol. The molecule has 3 rings (SSSR count). The highest BCUT2D eigenvalue weighted by Crippen LogP contribution is 2.62. The van der Waals surface area contributed by atoms with Crippen molar-refractivity contribution in [2.24, 2.45) is 0 Å². The van der Waals surface area contributed by atoms with Crippen LogP contribution in [0.1, 0.15) is 34.6 Å². The van der Waals surface area contributed by atoms with E-state index in [9.17, 15) is 58.4 Å². The fourth-order valence-electron chi connectivity index (χ4n) is 5.03. The Hall–Kier alpha value is -2.96. The zero-order valence-electron chi connectivity index (χ0n) is 27.3. The Balaban J connectivity index is 1.83. The predicted molar refractivity (Wildman–Crippen MR) is 164 cm³/mol. The Morgan fingerprint density at radius 1 is 1.00 bits per heavy atom. The number of hydrogen-bond acceptors (Lipinski definition) is 20. The predicted octanol–water partition coefficient (Wildman–Crippen LogP) is -2.86. The van der Waals surface area contributed by atoms with Crippen molar-refractivity contribution in [2.45, 2.75) is 95.5 Å². The average molecular weight is 795 g/mol. The highest BCUT2D eigenvalue weighted by atomic mass is 32.5. The van der Waals surface area contributed by atoms with Gasteiger partial charge in [0.2, 0.25) is 6.29 Å². The molecule has 0 aliphatic carbocycles. The first-order chi connectivity index (χ1) is 23.5. The Labute approximate surface area is 292 Å². The molecule has 0 bridgehead atoms. The maximum Gasteiger partial charge on any atom is 0.481 e. The Morgan fingerprint density at radius 2 is 1.61 bits per heavy atom. The number of esters is 4. The zero-order chi connectivity index (χ0) is 38.6. The van der Waals surface area contributed by atoms with Gasteiger partial charge < -0.3 is 58.1 Å². The highest BCUT2D eigenvalue weighted by Gasteiger charge is 2.56. The molecular formula is C25H36N2O21P2S. The maximum atomic E-state index is 13.1. The van der Waals surface area contributed by atoms with E-state index in [0.29, 0.717) is 0 Å². The Bertz CT molecular complexity index is 1690. The summed E-state index contributed by atoms with van der Waals surface area (Å²) in [5.74, 6) is -3.96. The lowest BCUT2D eigenvalue weighted by atomic mass is 9.95. The number of carbonyl (C=O) groups is 4. The van der Waals surface area contributed by atoms with Crippen LogP contribution in [0.2, 0.25) is 0 Å². The average Bonchev–Trinajstić information content (AvgIpc) is 3.20. The molecule has 0 saturated carbocycles. The smallest absolute Gasteiger partial charge is 0.462 e. The van der Waals surface area contributed by atoms with Gasteiger partial charge in [-0.25, -0.2) is 13.7 Å². The van der Waals surface area contributed by atoms with Gasteiger partial charge in [-0.3, -0.25) is 38.0 Å². The third kappa shape index (κ3) is 11.0. The molecule has 6 N–H and O–H groups in total. The first kappa shape index (κ1) is 42.5. The number of nitrogens with one attached hydrogen (secondary N) is 1. The minimum atomic E-state index is -5.72. The molecule has 288 valence electrons. The van der Waals surface area contributed by atoms with Gasteiger partial charge in [0.1, 0.15) is 37.1 Å². The summed E-state index contributed by atoms with van der Waals surface area (Å²) in [4.78, 5) is 94.0. The molecule has 1 aromatic heterocycles. The molecule has 2 saturated heterocycles. The van der Waals surface area contributed by atoms with Crippen molar-refractivity contribution in [2.75, 3.05) is 13.2 Å². The number of phosphoric ester groups is 1. The first-order valence-corrected chi connectivity index (χ1v) is 18.6. The summed E-state index contributed by atoms with van der Waals surface area (Å²) < 4.78 is 59.8. The van der Waals surface area contributed by atoms with Crippen LogP contribution in [0.3, 0.4) is 0 Å².